The van der Waals surface area contributed by atoms with Crippen molar-refractivity contribution in [2.45, 2.75) is 38.1 Å². The van der Waals surface area contributed by atoms with E-state index in [9.17, 15) is 18.8 Å². The molecule has 0 aliphatic carbocycles. The Bertz CT molecular complexity index is 1010. The molecular formula is C24H25FN2O4. The Labute approximate surface area is 180 Å². The number of fused-ring (bicyclic) bond motifs is 1. The van der Waals surface area contributed by atoms with Crippen molar-refractivity contribution >= 4 is 23.3 Å². The highest BCUT2D eigenvalue weighted by Gasteiger charge is 2.38. The van der Waals surface area contributed by atoms with Gasteiger partial charge in [-0.2, -0.15) is 0 Å². The normalized spacial score (nSPS) is 20.8. The monoisotopic (exact) mass is 424 g/mol. The maximum atomic E-state index is 13.1. The molecule has 2 aliphatic heterocycles. The van der Waals surface area contributed by atoms with Gasteiger partial charge >= 0.3 is 5.97 Å². The zero-order valence-corrected chi connectivity index (χ0v) is 17.3. The summed E-state index contributed by atoms with van der Waals surface area (Å²) in [5.74, 6) is -3.05. The highest BCUT2D eigenvalue weighted by atomic mass is 19.1. The van der Waals surface area contributed by atoms with E-state index in [0.717, 1.165) is 24.8 Å². The largest absolute Gasteiger partial charge is 0.475 e. The Morgan fingerprint density at radius 2 is 1.77 bits per heavy atom. The Morgan fingerprint density at radius 1 is 1.10 bits per heavy atom. The van der Waals surface area contributed by atoms with E-state index in [-0.39, 0.29) is 17.8 Å². The number of carbonyl (C=O) groups excluding carboxylic acids is 2. The minimum Gasteiger partial charge on any atom is -0.475 e. The lowest BCUT2D eigenvalue weighted by Gasteiger charge is -2.32. The highest BCUT2D eigenvalue weighted by Crippen LogP contribution is 2.37. The maximum Gasteiger partial charge on any atom is 0.372 e. The fourth-order valence-corrected chi connectivity index (χ4v) is 4.66. The molecule has 0 radical (unpaired) electrons. The number of piperidine rings is 1. The van der Waals surface area contributed by atoms with Crippen molar-refractivity contribution in [3.05, 3.63) is 65.0 Å². The zero-order valence-electron chi connectivity index (χ0n) is 17.3. The molecule has 4 rings (SSSR count). The number of nitrogens with zero attached hydrogens (tertiary/aromatic N) is 1. The van der Waals surface area contributed by atoms with Gasteiger partial charge in [0.2, 0.25) is 5.78 Å². The number of nitrogens with one attached hydrogen (secondary N) is 1. The Hall–Kier alpha value is -3.22. The summed E-state index contributed by atoms with van der Waals surface area (Å²) in [6.07, 6.45) is 2.60. The average molecular weight is 424 g/mol. The lowest BCUT2D eigenvalue weighted by atomic mass is 9.89. The van der Waals surface area contributed by atoms with Crippen LogP contribution in [0.25, 0.3) is 0 Å². The second kappa shape index (κ2) is 8.49. The SMILES string of the molecule is CC1Nc2ccc(C(=O)N3CCC(Cc4ccc(F)cc4)CC3)cc2C1C(=O)C(=O)O. The van der Waals surface area contributed by atoms with E-state index in [4.69, 9.17) is 5.11 Å². The third-order valence-corrected chi connectivity index (χ3v) is 6.35. The van der Waals surface area contributed by atoms with Gasteiger partial charge in [-0.3, -0.25) is 9.59 Å². The predicted octanol–water partition coefficient (Wildman–Crippen LogP) is 3.47. The molecule has 2 aliphatic rings. The summed E-state index contributed by atoms with van der Waals surface area (Å²) in [5.41, 5.74) is 2.83. The molecule has 0 saturated carbocycles. The molecule has 162 valence electrons. The van der Waals surface area contributed by atoms with Gasteiger partial charge in [0, 0.05) is 30.4 Å². The molecule has 2 atom stereocenters. The number of carboxylic acids is 1. The van der Waals surface area contributed by atoms with E-state index in [1.165, 1.54) is 12.1 Å². The van der Waals surface area contributed by atoms with Gasteiger partial charge in [-0.05, 0) is 73.6 Å². The first-order valence-electron chi connectivity index (χ1n) is 10.5. The number of rotatable bonds is 5. The van der Waals surface area contributed by atoms with E-state index >= 15 is 0 Å². The summed E-state index contributed by atoms with van der Waals surface area (Å²) >= 11 is 0. The molecule has 2 N–H and O–H groups in total. The molecule has 7 heteroatoms. The summed E-state index contributed by atoms with van der Waals surface area (Å²) in [7, 11) is 0. The van der Waals surface area contributed by atoms with Gasteiger partial charge in [0.25, 0.3) is 5.91 Å². The van der Waals surface area contributed by atoms with Gasteiger partial charge < -0.3 is 15.3 Å². The second-order valence-corrected chi connectivity index (χ2v) is 8.45. The van der Waals surface area contributed by atoms with Gasteiger partial charge in [0.1, 0.15) is 5.82 Å². The molecule has 2 heterocycles. The zero-order chi connectivity index (χ0) is 22.1. The number of halogens is 1. The van der Waals surface area contributed by atoms with Crippen LogP contribution in [0.5, 0.6) is 0 Å². The fraction of sp³-hybridized carbons (Fsp3) is 0.375. The number of amides is 1. The van der Waals surface area contributed by atoms with Crippen molar-refractivity contribution in [1.82, 2.24) is 4.90 Å². The van der Waals surface area contributed by atoms with Crippen molar-refractivity contribution < 1.29 is 23.9 Å². The number of hydrogen-bond acceptors (Lipinski definition) is 4. The molecule has 1 fully saturated rings. The number of benzene rings is 2. The lowest BCUT2D eigenvalue weighted by molar-refractivity contribution is -0.149. The standard InChI is InChI=1S/C24H25FN2O4/c1-14-21(22(28)24(30)31)19-13-17(4-7-20(19)26-14)23(29)27-10-8-16(9-11-27)12-15-2-5-18(25)6-3-15/h2-7,13-14,16,21,26H,8-12H2,1H3,(H,30,31). The van der Waals surface area contributed by atoms with Crippen molar-refractivity contribution in [3.8, 4) is 0 Å². The third kappa shape index (κ3) is 4.31. The molecule has 6 nitrogen and oxygen atoms in total. The summed E-state index contributed by atoms with van der Waals surface area (Å²) < 4.78 is 13.1. The van der Waals surface area contributed by atoms with Gasteiger partial charge in [0.15, 0.2) is 0 Å². The topological polar surface area (TPSA) is 86.7 Å². The minimum atomic E-state index is -1.47. The molecule has 0 bridgehead atoms. The van der Waals surface area contributed by atoms with Crippen LogP contribution in [0, 0.1) is 11.7 Å². The number of ketones is 1. The summed E-state index contributed by atoms with van der Waals surface area (Å²) in [5, 5.41) is 12.3. The molecule has 2 aromatic carbocycles. The van der Waals surface area contributed by atoms with Crippen LogP contribution in [-0.4, -0.2) is 46.8 Å². The van der Waals surface area contributed by atoms with Crippen LogP contribution in [-0.2, 0) is 16.0 Å². The molecule has 1 amide bonds. The molecule has 2 aromatic rings. The summed E-state index contributed by atoms with van der Waals surface area (Å²) in [6, 6.07) is 11.3. The van der Waals surface area contributed by atoms with Gasteiger partial charge in [0.05, 0.1) is 5.92 Å². The molecule has 0 spiro atoms. The minimum absolute atomic E-state index is 0.107. The lowest BCUT2D eigenvalue weighted by Crippen LogP contribution is -2.39. The Kier molecular flexibility index (Phi) is 5.76. The third-order valence-electron chi connectivity index (χ3n) is 6.35. The Balaban J connectivity index is 1.42. The van der Waals surface area contributed by atoms with Crippen LogP contribution in [0.4, 0.5) is 10.1 Å². The first-order valence-corrected chi connectivity index (χ1v) is 10.5. The fourth-order valence-electron chi connectivity index (χ4n) is 4.66. The Morgan fingerprint density at radius 3 is 2.42 bits per heavy atom. The number of aliphatic carboxylic acids is 1. The van der Waals surface area contributed by atoms with Crippen LogP contribution < -0.4 is 5.32 Å². The average Bonchev–Trinajstić information content (AvgIpc) is 3.09. The summed E-state index contributed by atoms with van der Waals surface area (Å²) in [4.78, 5) is 38.2. The van der Waals surface area contributed by atoms with E-state index < -0.39 is 17.7 Å². The van der Waals surface area contributed by atoms with Crippen molar-refractivity contribution in [1.29, 1.82) is 0 Å². The van der Waals surface area contributed by atoms with E-state index in [2.05, 4.69) is 5.32 Å². The number of carbonyl (C=O) groups is 3. The van der Waals surface area contributed by atoms with E-state index in [0.29, 0.717) is 35.8 Å². The molecule has 2 unspecified atom stereocenters. The smallest absolute Gasteiger partial charge is 0.372 e. The van der Waals surface area contributed by atoms with Crippen LogP contribution >= 0.6 is 0 Å². The van der Waals surface area contributed by atoms with E-state index in [1.807, 2.05) is 4.90 Å². The molecule has 0 aromatic heterocycles. The number of carboxylic acid groups (broad SMARTS) is 1. The quantitative estimate of drug-likeness (QED) is 0.718. The van der Waals surface area contributed by atoms with Gasteiger partial charge in [-0.1, -0.05) is 12.1 Å². The van der Waals surface area contributed by atoms with Crippen LogP contribution in [0.1, 0.15) is 47.2 Å². The van der Waals surface area contributed by atoms with Gasteiger partial charge in [-0.25, -0.2) is 9.18 Å². The summed E-state index contributed by atoms with van der Waals surface area (Å²) in [6.45, 7) is 3.03. The maximum absolute atomic E-state index is 13.1. The molecule has 1 saturated heterocycles. The van der Waals surface area contributed by atoms with Crippen LogP contribution in [0.2, 0.25) is 0 Å². The van der Waals surface area contributed by atoms with Crippen molar-refractivity contribution in [3.63, 3.8) is 0 Å². The number of Topliss-reactive ketones (excluding diaryl/α,β-unsaturated/α-hetero) is 1. The van der Waals surface area contributed by atoms with Crippen molar-refractivity contribution in [2.24, 2.45) is 5.92 Å². The first kappa shape index (κ1) is 21.0. The predicted molar refractivity (Wildman–Crippen MR) is 114 cm³/mol. The molecule has 31 heavy (non-hydrogen) atoms. The number of hydrogen-bond donors (Lipinski definition) is 2. The van der Waals surface area contributed by atoms with Crippen molar-refractivity contribution in [2.75, 3.05) is 18.4 Å². The van der Waals surface area contributed by atoms with E-state index in [1.54, 1.807) is 37.3 Å². The first-order chi connectivity index (χ1) is 14.8. The van der Waals surface area contributed by atoms with Crippen LogP contribution in [0.15, 0.2) is 42.5 Å². The molecular weight excluding hydrogens is 399 g/mol. The highest BCUT2D eigenvalue weighted by molar-refractivity contribution is 6.35. The van der Waals surface area contributed by atoms with Crippen LogP contribution in [0.3, 0.4) is 0 Å². The number of anilines is 1. The number of likely N-dealkylation sites (tertiary alicyclic amines) is 1. The van der Waals surface area contributed by atoms with Gasteiger partial charge in [-0.15, -0.1) is 0 Å². The second-order valence-electron chi connectivity index (χ2n) is 8.45.